The van der Waals surface area contributed by atoms with Gasteiger partial charge in [-0.2, -0.15) is 0 Å². The van der Waals surface area contributed by atoms with Crippen molar-refractivity contribution in [2.24, 2.45) is 0 Å². The van der Waals surface area contributed by atoms with Crippen LogP contribution >= 0.6 is 11.8 Å². The average Bonchev–Trinajstić information content (AvgIpc) is 2.14. The molecule has 0 amide bonds. The van der Waals surface area contributed by atoms with Crippen LogP contribution in [0.3, 0.4) is 0 Å². The van der Waals surface area contributed by atoms with Crippen molar-refractivity contribution in [2.75, 3.05) is 18.1 Å². The fraction of sp³-hybridized carbons (Fsp3) is 0.556. The molecule has 0 saturated carbocycles. The highest BCUT2D eigenvalue weighted by atomic mass is 32.2. The lowest BCUT2D eigenvalue weighted by Crippen LogP contribution is -2.03. The van der Waals surface area contributed by atoms with E-state index in [-0.39, 0.29) is 0 Å². The molecule has 72 valence electrons. The molecule has 1 aromatic heterocycles. The molecule has 0 aliphatic carbocycles. The van der Waals surface area contributed by atoms with Crippen molar-refractivity contribution in [3.63, 3.8) is 0 Å². The largest absolute Gasteiger partial charge is 0.370 e. The molecule has 0 aliphatic rings. The number of nitrogens with one attached hydrogen (secondary N) is 1. The molecule has 1 rings (SSSR count). The zero-order valence-electron chi connectivity index (χ0n) is 8.29. The lowest BCUT2D eigenvalue weighted by molar-refractivity contribution is 0.928. The van der Waals surface area contributed by atoms with E-state index in [4.69, 9.17) is 0 Å². The lowest BCUT2D eigenvalue weighted by Gasteiger charge is -2.05. The summed E-state index contributed by atoms with van der Waals surface area (Å²) in [5.41, 5.74) is 0. The molecule has 0 radical (unpaired) electrons. The highest BCUT2D eigenvalue weighted by Gasteiger charge is 1.99. The first-order chi connectivity index (χ1) is 6.26. The Labute approximate surface area is 83.4 Å². The maximum atomic E-state index is 4.28. The van der Waals surface area contributed by atoms with Crippen LogP contribution in [0.1, 0.15) is 19.2 Å². The minimum absolute atomic E-state index is 0.824. The predicted octanol–water partition coefficient (Wildman–Crippen LogP) is 2.33. The summed E-state index contributed by atoms with van der Waals surface area (Å²) >= 11 is 1.64. The van der Waals surface area contributed by atoms with Crippen LogP contribution in [-0.4, -0.2) is 22.8 Å². The summed E-state index contributed by atoms with van der Waals surface area (Å²) in [6.07, 6.45) is 3.13. The van der Waals surface area contributed by atoms with Crippen molar-refractivity contribution in [2.45, 2.75) is 25.3 Å². The fourth-order valence-corrected chi connectivity index (χ4v) is 1.44. The van der Waals surface area contributed by atoms with Gasteiger partial charge in [-0.05, 0) is 19.6 Å². The minimum Gasteiger partial charge on any atom is -0.370 e. The maximum absolute atomic E-state index is 4.28. The normalized spacial score (nSPS) is 10.1. The van der Waals surface area contributed by atoms with Crippen LogP contribution in [0.5, 0.6) is 0 Å². The summed E-state index contributed by atoms with van der Waals surface area (Å²) in [6, 6.07) is 1.98. The molecule has 0 saturated heterocycles. The number of thioether (sulfide) groups is 1. The van der Waals surface area contributed by atoms with Crippen molar-refractivity contribution in [3.05, 3.63) is 11.9 Å². The lowest BCUT2D eigenvalue weighted by atomic mass is 10.4. The SMILES string of the molecule is CCCNc1cc(SC)nc(C)n1. The van der Waals surface area contributed by atoms with Crippen LogP contribution in [0.2, 0.25) is 0 Å². The molecule has 0 bridgehead atoms. The third-order valence-corrected chi connectivity index (χ3v) is 2.21. The van der Waals surface area contributed by atoms with E-state index in [1.807, 2.05) is 19.2 Å². The molecule has 0 fully saturated rings. The van der Waals surface area contributed by atoms with Crippen molar-refractivity contribution in [1.29, 1.82) is 0 Å². The van der Waals surface area contributed by atoms with Gasteiger partial charge in [-0.3, -0.25) is 0 Å². The van der Waals surface area contributed by atoms with Gasteiger partial charge < -0.3 is 5.32 Å². The Morgan fingerprint density at radius 1 is 1.46 bits per heavy atom. The Morgan fingerprint density at radius 3 is 2.85 bits per heavy atom. The first-order valence-corrected chi connectivity index (χ1v) is 5.62. The van der Waals surface area contributed by atoms with E-state index in [1.54, 1.807) is 11.8 Å². The number of aryl methyl sites for hydroxylation is 1. The summed E-state index contributed by atoms with van der Waals surface area (Å²) in [6.45, 7) is 5.01. The maximum Gasteiger partial charge on any atom is 0.130 e. The molecule has 1 N–H and O–H groups in total. The number of nitrogens with zero attached hydrogens (tertiary/aromatic N) is 2. The van der Waals surface area contributed by atoms with Crippen molar-refractivity contribution in [3.8, 4) is 0 Å². The van der Waals surface area contributed by atoms with Gasteiger partial charge in [0.05, 0.1) is 0 Å². The van der Waals surface area contributed by atoms with E-state index in [9.17, 15) is 0 Å². The van der Waals surface area contributed by atoms with Gasteiger partial charge in [0.15, 0.2) is 0 Å². The standard InChI is InChI=1S/C9H15N3S/c1-4-5-10-8-6-9(13-3)12-7(2)11-8/h6H,4-5H2,1-3H3,(H,10,11,12). The monoisotopic (exact) mass is 197 g/mol. The van der Waals surface area contributed by atoms with E-state index in [0.717, 1.165) is 29.6 Å². The zero-order chi connectivity index (χ0) is 9.68. The molecule has 1 aromatic rings. The third kappa shape index (κ3) is 3.22. The van der Waals surface area contributed by atoms with Gasteiger partial charge in [-0.25, -0.2) is 9.97 Å². The van der Waals surface area contributed by atoms with E-state index in [1.165, 1.54) is 0 Å². The second-order valence-electron chi connectivity index (χ2n) is 2.77. The van der Waals surface area contributed by atoms with E-state index < -0.39 is 0 Å². The first kappa shape index (κ1) is 10.3. The van der Waals surface area contributed by atoms with Gasteiger partial charge in [0.25, 0.3) is 0 Å². The summed E-state index contributed by atoms with van der Waals surface area (Å²) in [7, 11) is 0. The molecular formula is C9H15N3S. The number of hydrogen-bond acceptors (Lipinski definition) is 4. The van der Waals surface area contributed by atoms with Gasteiger partial charge in [-0.1, -0.05) is 6.92 Å². The van der Waals surface area contributed by atoms with E-state index >= 15 is 0 Å². The number of anilines is 1. The molecular weight excluding hydrogens is 182 g/mol. The molecule has 3 nitrogen and oxygen atoms in total. The number of aromatic nitrogens is 2. The third-order valence-electron chi connectivity index (χ3n) is 1.58. The molecule has 0 unspecified atom stereocenters. The van der Waals surface area contributed by atoms with Crippen LogP contribution < -0.4 is 5.32 Å². The van der Waals surface area contributed by atoms with E-state index in [0.29, 0.717) is 0 Å². The van der Waals surface area contributed by atoms with Gasteiger partial charge in [0, 0.05) is 12.6 Å². The number of rotatable bonds is 4. The predicted molar refractivity (Wildman–Crippen MR) is 57.3 cm³/mol. The smallest absolute Gasteiger partial charge is 0.130 e. The van der Waals surface area contributed by atoms with Crippen LogP contribution in [0.15, 0.2) is 11.1 Å². The quantitative estimate of drug-likeness (QED) is 0.594. The summed E-state index contributed by atoms with van der Waals surface area (Å²) in [5.74, 6) is 1.75. The first-order valence-electron chi connectivity index (χ1n) is 4.39. The van der Waals surface area contributed by atoms with E-state index in [2.05, 4.69) is 22.2 Å². The summed E-state index contributed by atoms with van der Waals surface area (Å²) in [5, 5.41) is 4.26. The van der Waals surface area contributed by atoms with Gasteiger partial charge in [0.2, 0.25) is 0 Å². The molecule has 13 heavy (non-hydrogen) atoms. The molecule has 4 heteroatoms. The minimum atomic E-state index is 0.824. The molecule has 0 spiro atoms. The Hall–Kier alpha value is -0.770. The Kier molecular flexibility index (Phi) is 4.02. The van der Waals surface area contributed by atoms with Crippen LogP contribution in [0.25, 0.3) is 0 Å². The van der Waals surface area contributed by atoms with Crippen LogP contribution in [0.4, 0.5) is 5.82 Å². The molecule has 0 aliphatic heterocycles. The fourth-order valence-electron chi connectivity index (χ4n) is 0.988. The Balaban J connectivity index is 2.76. The molecule has 0 atom stereocenters. The van der Waals surface area contributed by atoms with Gasteiger partial charge in [-0.15, -0.1) is 11.8 Å². The second-order valence-corrected chi connectivity index (χ2v) is 3.60. The van der Waals surface area contributed by atoms with Crippen LogP contribution in [-0.2, 0) is 0 Å². The summed E-state index contributed by atoms with van der Waals surface area (Å²) < 4.78 is 0. The zero-order valence-corrected chi connectivity index (χ0v) is 9.11. The second kappa shape index (κ2) is 5.07. The van der Waals surface area contributed by atoms with Gasteiger partial charge >= 0.3 is 0 Å². The number of hydrogen-bond donors (Lipinski definition) is 1. The van der Waals surface area contributed by atoms with Crippen molar-refractivity contribution in [1.82, 2.24) is 9.97 Å². The highest BCUT2D eigenvalue weighted by Crippen LogP contribution is 2.15. The Morgan fingerprint density at radius 2 is 2.23 bits per heavy atom. The topological polar surface area (TPSA) is 37.8 Å². The van der Waals surface area contributed by atoms with Gasteiger partial charge in [0.1, 0.15) is 16.7 Å². The van der Waals surface area contributed by atoms with Crippen molar-refractivity contribution >= 4 is 17.6 Å². The molecule has 1 heterocycles. The highest BCUT2D eigenvalue weighted by molar-refractivity contribution is 7.98. The molecule has 0 aromatic carbocycles. The van der Waals surface area contributed by atoms with Crippen LogP contribution in [0, 0.1) is 6.92 Å². The summed E-state index contributed by atoms with van der Waals surface area (Å²) in [4.78, 5) is 8.56. The average molecular weight is 197 g/mol. The Bertz CT molecular complexity index is 276. The van der Waals surface area contributed by atoms with Crippen molar-refractivity contribution < 1.29 is 0 Å².